The van der Waals surface area contributed by atoms with Gasteiger partial charge in [-0.05, 0) is 42.2 Å². The van der Waals surface area contributed by atoms with E-state index in [1.807, 2.05) is 30.5 Å². The number of nitro groups is 1. The lowest BCUT2D eigenvalue weighted by Crippen LogP contribution is -2.46. The van der Waals surface area contributed by atoms with Crippen LogP contribution in [-0.2, 0) is 11.3 Å². The van der Waals surface area contributed by atoms with Crippen LogP contribution in [0.25, 0.3) is 5.69 Å². The molecule has 1 atom stereocenters. The van der Waals surface area contributed by atoms with Crippen molar-refractivity contribution in [2.24, 2.45) is 0 Å². The van der Waals surface area contributed by atoms with E-state index < -0.39 is 16.9 Å². The highest BCUT2D eigenvalue weighted by Gasteiger charge is 2.22. The number of hydrogen-bond acceptors (Lipinski definition) is 7. The van der Waals surface area contributed by atoms with Crippen LogP contribution in [0.5, 0.6) is 0 Å². The largest absolute Gasteiger partial charge is 0.350 e. The first-order valence-electron chi connectivity index (χ1n) is 9.74. The lowest BCUT2D eigenvalue weighted by Gasteiger charge is -2.18. The number of nitrogens with zero attached hydrogens (tertiary/aromatic N) is 4. The maximum atomic E-state index is 12.8. The van der Waals surface area contributed by atoms with E-state index in [1.54, 1.807) is 22.8 Å². The second kappa shape index (κ2) is 11.0. The van der Waals surface area contributed by atoms with Crippen molar-refractivity contribution in [1.29, 1.82) is 0 Å². The lowest BCUT2D eigenvalue weighted by atomic mass is 10.1. The minimum atomic E-state index is -0.761. The molecular weight excluding hydrogens is 432 g/mol. The highest BCUT2D eigenvalue weighted by Crippen LogP contribution is 2.14. The molecule has 0 saturated carbocycles. The predicted molar refractivity (Wildman–Crippen MR) is 121 cm³/mol. The molecule has 0 aliphatic heterocycles. The summed E-state index contributed by atoms with van der Waals surface area (Å²) < 4.78 is 1.63. The van der Waals surface area contributed by atoms with E-state index >= 15 is 0 Å². The minimum Gasteiger partial charge on any atom is -0.350 e. The molecule has 2 aromatic carbocycles. The van der Waals surface area contributed by atoms with Crippen LogP contribution in [0.15, 0.2) is 61.2 Å². The molecule has 10 nitrogen and oxygen atoms in total. The molecule has 0 aliphatic carbocycles. The zero-order valence-electron chi connectivity index (χ0n) is 17.3. The average Bonchev–Trinajstić information content (AvgIpc) is 3.35. The summed E-state index contributed by atoms with van der Waals surface area (Å²) >= 11 is 1.56. The van der Waals surface area contributed by atoms with Gasteiger partial charge in [0.15, 0.2) is 0 Å². The Morgan fingerprint density at radius 1 is 1.22 bits per heavy atom. The van der Waals surface area contributed by atoms with Gasteiger partial charge in [0.05, 0.1) is 10.6 Å². The van der Waals surface area contributed by atoms with E-state index in [9.17, 15) is 19.7 Å². The molecular formula is C21H22N6O4S. The molecule has 0 bridgehead atoms. The van der Waals surface area contributed by atoms with E-state index in [1.165, 1.54) is 30.6 Å². The number of nitro benzene ring substituents is 1. The van der Waals surface area contributed by atoms with Gasteiger partial charge in [-0.25, -0.2) is 9.67 Å². The summed E-state index contributed by atoms with van der Waals surface area (Å²) in [6.07, 6.45) is 5.38. The van der Waals surface area contributed by atoms with E-state index in [0.717, 1.165) is 11.3 Å². The van der Waals surface area contributed by atoms with E-state index in [-0.39, 0.29) is 17.2 Å². The number of non-ortho nitro benzene ring substituents is 1. The van der Waals surface area contributed by atoms with Crippen LogP contribution in [0, 0.1) is 10.1 Å². The first-order valence-corrected chi connectivity index (χ1v) is 11.1. The maximum absolute atomic E-state index is 12.8. The van der Waals surface area contributed by atoms with E-state index in [4.69, 9.17) is 0 Å². The molecule has 32 heavy (non-hydrogen) atoms. The van der Waals surface area contributed by atoms with Gasteiger partial charge in [-0.1, -0.05) is 18.2 Å². The fourth-order valence-electron chi connectivity index (χ4n) is 2.93. The van der Waals surface area contributed by atoms with Gasteiger partial charge in [-0.2, -0.15) is 16.9 Å². The fraction of sp³-hybridized carbons (Fsp3) is 0.238. The van der Waals surface area contributed by atoms with Crippen LogP contribution in [0.2, 0.25) is 0 Å². The van der Waals surface area contributed by atoms with Crippen LogP contribution in [-0.4, -0.2) is 49.6 Å². The van der Waals surface area contributed by atoms with Crippen LogP contribution in [0.4, 0.5) is 5.69 Å². The van der Waals surface area contributed by atoms with Crippen molar-refractivity contribution >= 4 is 29.3 Å². The molecule has 1 unspecified atom stereocenters. The van der Waals surface area contributed by atoms with Gasteiger partial charge in [-0.15, -0.1) is 0 Å². The standard InChI is InChI=1S/C21H22N6O4S/c1-32-10-9-19(25-20(28)16-3-2-4-18(11-16)27(30)31)21(29)23-12-15-5-7-17(8-6-15)26-14-22-13-24-26/h2-8,11,13-14,19H,9-10,12H2,1H3,(H,23,29)(H,25,28). The third-order valence-electron chi connectivity index (χ3n) is 4.64. The lowest BCUT2D eigenvalue weighted by molar-refractivity contribution is -0.384. The minimum absolute atomic E-state index is 0.129. The summed E-state index contributed by atoms with van der Waals surface area (Å²) in [7, 11) is 0. The van der Waals surface area contributed by atoms with Crippen molar-refractivity contribution in [3.05, 3.63) is 82.4 Å². The molecule has 1 heterocycles. The SMILES string of the molecule is CSCCC(NC(=O)c1cccc([N+](=O)[O-])c1)C(=O)NCc1ccc(-n2cncn2)cc1. The van der Waals surface area contributed by atoms with Gasteiger partial charge in [0.25, 0.3) is 11.6 Å². The Morgan fingerprint density at radius 2 is 2.00 bits per heavy atom. The Balaban J connectivity index is 1.62. The molecule has 0 aliphatic rings. The van der Waals surface area contributed by atoms with Crippen LogP contribution in [0.3, 0.4) is 0 Å². The number of amides is 2. The number of aromatic nitrogens is 3. The van der Waals surface area contributed by atoms with Crippen LogP contribution in [0.1, 0.15) is 22.3 Å². The number of thioether (sulfide) groups is 1. The van der Waals surface area contributed by atoms with Gasteiger partial charge in [0, 0.05) is 24.2 Å². The number of benzene rings is 2. The molecule has 3 rings (SSSR count). The molecule has 0 radical (unpaired) electrons. The highest BCUT2D eigenvalue weighted by molar-refractivity contribution is 7.98. The van der Waals surface area contributed by atoms with Gasteiger partial charge in [-0.3, -0.25) is 19.7 Å². The molecule has 3 aromatic rings. The average molecular weight is 455 g/mol. The molecule has 0 fully saturated rings. The quantitative estimate of drug-likeness (QED) is 0.355. The molecule has 11 heteroatoms. The number of nitrogens with one attached hydrogen (secondary N) is 2. The second-order valence-corrected chi connectivity index (χ2v) is 7.82. The van der Waals surface area contributed by atoms with Crippen LogP contribution >= 0.6 is 11.8 Å². The Kier molecular flexibility index (Phi) is 7.92. The summed E-state index contributed by atoms with van der Waals surface area (Å²) in [6, 6.07) is 12.1. The monoisotopic (exact) mass is 454 g/mol. The summed E-state index contributed by atoms with van der Waals surface area (Å²) in [5.41, 5.74) is 1.68. The van der Waals surface area contributed by atoms with Crippen LogP contribution < -0.4 is 10.6 Å². The maximum Gasteiger partial charge on any atom is 0.270 e. The van der Waals surface area contributed by atoms with Gasteiger partial charge < -0.3 is 10.6 Å². The number of rotatable bonds is 10. The van der Waals surface area contributed by atoms with Crippen molar-refractivity contribution in [3.63, 3.8) is 0 Å². The summed E-state index contributed by atoms with van der Waals surface area (Å²) in [5, 5.41) is 20.6. The van der Waals surface area contributed by atoms with Gasteiger partial charge >= 0.3 is 0 Å². The third-order valence-corrected chi connectivity index (χ3v) is 5.28. The Labute approximate surface area is 188 Å². The normalized spacial score (nSPS) is 11.5. The van der Waals surface area contributed by atoms with Crippen molar-refractivity contribution in [1.82, 2.24) is 25.4 Å². The van der Waals surface area contributed by atoms with Crippen molar-refractivity contribution in [2.45, 2.75) is 19.0 Å². The molecule has 2 N–H and O–H groups in total. The smallest absolute Gasteiger partial charge is 0.270 e. The molecule has 166 valence electrons. The highest BCUT2D eigenvalue weighted by atomic mass is 32.2. The summed E-state index contributed by atoms with van der Waals surface area (Å²) in [6.45, 7) is 0.291. The third kappa shape index (κ3) is 6.14. The second-order valence-electron chi connectivity index (χ2n) is 6.84. The Bertz CT molecular complexity index is 1070. The summed E-state index contributed by atoms with van der Waals surface area (Å²) in [4.78, 5) is 39.6. The topological polar surface area (TPSA) is 132 Å². The molecule has 0 saturated heterocycles. The van der Waals surface area contributed by atoms with Gasteiger partial charge in [0.2, 0.25) is 5.91 Å². The summed E-state index contributed by atoms with van der Waals surface area (Å²) in [5.74, 6) is -0.190. The van der Waals surface area contributed by atoms with Crippen molar-refractivity contribution in [2.75, 3.05) is 12.0 Å². The zero-order chi connectivity index (χ0) is 22.9. The fourth-order valence-corrected chi connectivity index (χ4v) is 3.40. The number of carbonyl (C=O) groups is 2. The Hall–Kier alpha value is -3.73. The van der Waals surface area contributed by atoms with Crippen molar-refractivity contribution in [3.8, 4) is 5.69 Å². The van der Waals surface area contributed by atoms with E-state index in [2.05, 4.69) is 20.7 Å². The Morgan fingerprint density at radius 3 is 2.66 bits per heavy atom. The van der Waals surface area contributed by atoms with Gasteiger partial charge in [0.1, 0.15) is 18.7 Å². The van der Waals surface area contributed by atoms with Crippen molar-refractivity contribution < 1.29 is 14.5 Å². The molecule has 2 amide bonds. The first kappa shape index (κ1) is 22.9. The number of hydrogen-bond donors (Lipinski definition) is 2. The molecule has 1 aromatic heterocycles. The number of carbonyl (C=O) groups excluding carboxylic acids is 2. The molecule has 0 spiro atoms. The van der Waals surface area contributed by atoms with E-state index in [0.29, 0.717) is 18.7 Å². The first-order chi connectivity index (χ1) is 15.5. The predicted octanol–water partition coefficient (Wildman–Crippen LogP) is 2.34. The zero-order valence-corrected chi connectivity index (χ0v) is 18.1.